The molecule has 0 aromatic rings. The van der Waals surface area contributed by atoms with Gasteiger partial charge < -0.3 is 0 Å². The predicted octanol–water partition coefficient (Wildman–Crippen LogP) is 0.321. The quantitative estimate of drug-likeness (QED) is 0.338. The van der Waals surface area contributed by atoms with E-state index in [1.165, 1.54) is 0 Å². The van der Waals surface area contributed by atoms with E-state index in [2.05, 4.69) is 10.3 Å². The minimum atomic E-state index is 0. The molecule has 0 aromatic heterocycles. The zero-order valence-electron chi connectivity index (χ0n) is 59.0. The van der Waals surface area contributed by atoms with Gasteiger partial charge in [0.15, 0.2) is 0 Å². The first-order valence-electron chi connectivity index (χ1n) is 0.183. The molecule has 0 fully saturated rings. The molecule has 0 aromatic carbocycles. The molecule has 0 atom stereocenters. The molecule has 0 unspecified atom stereocenters. The van der Waals surface area contributed by atoms with Gasteiger partial charge in [0, 0.05) is 2410 Å². The van der Waals surface area contributed by atoms with Crippen molar-refractivity contribution >= 4 is 10.3 Å². The Hall–Kier alpha value is 76.8. The van der Waals surface area contributed by atoms with E-state index in [4.69, 9.17) is 0 Å². The smallest absolute Gasteiger partial charge is 0 e. The van der Waals surface area contributed by atoms with E-state index in [1.807, 2.05) is 15.7 Å². The van der Waals surface area contributed by atoms with Crippen molar-refractivity contribution in [1.29, 1.82) is 0 Å². The van der Waals surface area contributed by atoms with Gasteiger partial charge in [0.05, 0.1) is 0 Å². The van der Waals surface area contributed by atoms with E-state index in [-0.39, 0.29) is 2410 Å². The molecule has 661 valence electrons. The fourth-order valence-corrected chi connectivity index (χ4v) is 0. The molecule has 0 aliphatic heterocycles. The van der Waals surface area contributed by atoms with Crippen LogP contribution in [0.1, 0.15) is 0 Å². The standard InChI is InChI=1S/S.131V. The Morgan fingerprint density at radius 2 is 0.0303 bits per heavy atom. The second-order valence-corrected chi connectivity index (χ2v) is 0. The first-order valence-corrected chi connectivity index (χ1v) is 2.26. The van der Waals surface area contributed by atoms with Crippen LogP contribution in [-0.2, 0) is 2430 Å². The molecule has 0 amide bonds. The van der Waals surface area contributed by atoms with E-state index in [9.17, 15) is 0 Å². The third-order valence-corrected chi connectivity index (χ3v) is 0. The van der Waals surface area contributed by atoms with E-state index in [0.29, 0.717) is 0 Å². The van der Waals surface area contributed by atoms with Crippen LogP contribution in [0.25, 0.3) is 0 Å². The molecular weight excluding hydrogens is 6710 g/mol. The van der Waals surface area contributed by atoms with E-state index < -0.39 is 0 Å². The third kappa shape index (κ3) is 1490. The van der Waals surface area contributed by atoms with Crippen molar-refractivity contribution in [2.45, 2.75) is 0 Å². The van der Waals surface area contributed by atoms with Crippen LogP contribution in [0, 0.1) is 0 Å². The number of rotatable bonds is 0. The largest absolute Gasteiger partial charge is 0 e. The summed E-state index contributed by atoms with van der Waals surface area (Å²) in [5.41, 5.74) is 0. The molecule has 0 saturated carbocycles. The second kappa shape index (κ2) is 1510. The van der Waals surface area contributed by atoms with E-state index in [1.54, 1.807) is 0 Å². The Kier molecular flexibility index (Phi) is 17000. The Morgan fingerprint density at radius 1 is 0.0303 bits per heavy atom. The van der Waals surface area contributed by atoms with Crippen molar-refractivity contribution in [2.75, 3.05) is 0 Å². The van der Waals surface area contributed by atoms with Crippen molar-refractivity contribution in [2.24, 2.45) is 0 Å². The van der Waals surface area contributed by atoms with Crippen LogP contribution in [-0.4, -0.2) is 0 Å². The number of hydrogen-bond acceptors (Lipinski definition) is 1. The Balaban J connectivity index is -0.000000000000596. The minimum Gasteiger partial charge on any atom is 0 e. The van der Waals surface area contributed by atoms with Gasteiger partial charge in [-0.25, -0.2) is 0 Å². The first-order chi connectivity index (χ1) is 1.00. The zero-order chi connectivity index (χ0) is 2.00. The molecule has 0 saturated heterocycles. The average molecular weight is 6710 g/mol. The Bertz CT molecular complexity index is 8.48. The average Bonchev–Trinajstić information content (AvgIpc) is 1.00. The monoisotopic (exact) mass is 6710 g/mol. The summed E-state index contributed by atoms with van der Waals surface area (Å²) in [5.74, 6) is 0. The van der Waals surface area contributed by atoms with Crippen LogP contribution in [0.5, 0.6) is 0 Å². The summed E-state index contributed by atoms with van der Waals surface area (Å²) in [6.07, 6.45) is 0. The van der Waals surface area contributed by atoms with E-state index >= 15 is 0 Å². The number of hydrogen-bond donors (Lipinski definition) is 0. The van der Waals surface area contributed by atoms with E-state index in [0.717, 1.165) is 0 Å². The molecule has 132 heteroatoms. The van der Waals surface area contributed by atoms with Crippen molar-refractivity contribution < 1.29 is 2430 Å². The summed E-state index contributed by atoms with van der Waals surface area (Å²) in [7, 11) is 4.02. The van der Waals surface area contributed by atoms with Crippen LogP contribution in [0.3, 0.4) is 0 Å². The third-order valence-electron chi connectivity index (χ3n) is 0. The molecule has 0 rings (SSSR count). The summed E-state index contributed by atoms with van der Waals surface area (Å²) in [6.45, 7) is 0. The fraction of sp³-hybridized carbons (Fsp3) is 0. The molecular formula is SV131. The van der Waals surface area contributed by atoms with Crippen LogP contribution in [0.15, 0.2) is 0 Å². The topological polar surface area (TPSA) is 0 Å². The molecule has 0 N–H and O–H groups in total. The van der Waals surface area contributed by atoms with Crippen molar-refractivity contribution in [3.8, 4) is 0 Å². The normalized spacial score (nSPS) is 0.0227. The van der Waals surface area contributed by atoms with Gasteiger partial charge in [0.25, 0.3) is 0 Å². The van der Waals surface area contributed by atoms with Gasteiger partial charge in [-0.15, -0.1) is 0 Å². The molecule has 0 aliphatic carbocycles. The van der Waals surface area contributed by atoms with Crippen molar-refractivity contribution in [3.05, 3.63) is 0 Å². The summed E-state index contributed by atoms with van der Waals surface area (Å²) in [4.78, 5) is 0. The van der Waals surface area contributed by atoms with Crippen molar-refractivity contribution in [3.63, 3.8) is 0 Å². The zero-order valence-corrected chi connectivity index (χ0v) is 243. The second-order valence-electron chi connectivity index (χ2n) is 0. The fourth-order valence-electron chi connectivity index (χ4n) is 0. The SMILES string of the molecule is [S]=[V].[V].[V].[V].[V].[V].[V].[V].[V].[V].[V].[V].[V].[V].[V].[V].[V].[V].[V].[V].[V].[V].[V].[V].[V].[V].[V].[V].[V].[V].[V].[V].[V].[V].[V].[V].[V].[V].[V].[V].[V].[V].[V].[V].[V].[V].[V].[V].[V].[V].[V].[V].[V].[V].[V].[V].[V].[V].[V].[V].[V].[V].[V].[V].[V].[V].[V].[V].[V].[V].[V].[V].[V].[V].[V].[V].[V].[V].[V].[V].[V].[V].[V].[V].[V].[V].[V].[V].[V].[V].[V].[V].[V].[V].[V].[V].[V].[V].[V].[V].[V].[V].[V].[V].[V].[V].[V].[V].[V].[V].[V].[V].[V].[V].[V].[V].[V].[V].[V].[V].[V].[V].[V].[V].[V].[V].[V].[V].[V].[V].[V]. The Labute approximate surface area is 2370 Å². The van der Waals surface area contributed by atoms with Crippen molar-refractivity contribution in [1.82, 2.24) is 0 Å². The van der Waals surface area contributed by atoms with Gasteiger partial charge in [-0.1, -0.05) is 0 Å². The van der Waals surface area contributed by atoms with Gasteiger partial charge in [-0.05, 0) is 0 Å². The summed E-state index contributed by atoms with van der Waals surface area (Å²) >= 11 is 1.90. The van der Waals surface area contributed by atoms with Gasteiger partial charge in [0.1, 0.15) is 0 Å². The van der Waals surface area contributed by atoms with Crippen LogP contribution < -0.4 is 0 Å². The van der Waals surface area contributed by atoms with Gasteiger partial charge in [0.2, 0.25) is 0 Å². The van der Waals surface area contributed by atoms with Crippen LogP contribution in [0.2, 0.25) is 0 Å². The molecule has 0 heterocycles. The molecule has 0 aliphatic rings. The maximum Gasteiger partial charge on any atom is 0 e. The van der Waals surface area contributed by atoms with Gasteiger partial charge in [-0.2, -0.15) is 0 Å². The summed E-state index contributed by atoms with van der Waals surface area (Å²) in [5, 5.41) is 0. The van der Waals surface area contributed by atoms with Gasteiger partial charge in [-0.3, -0.25) is 0 Å². The molecule has 0 spiro atoms. The maximum atomic E-state index is 4.02. The molecule has 130 radical (unpaired) electrons. The predicted molar refractivity (Wildman–Crippen MR) is 7.59 cm³/mol. The van der Waals surface area contributed by atoms with Crippen LogP contribution in [0.4, 0.5) is 0 Å². The molecule has 0 bridgehead atoms. The Morgan fingerprint density at radius 3 is 0.0303 bits per heavy atom. The van der Waals surface area contributed by atoms with Gasteiger partial charge >= 0.3 is 26.0 Å². The molecule has 0 nitrogen and oxygen atoms in total. The summed E-state index contributed by atoms with van der Waals surface area (Å²) in [6, 6.07) is 0. The molecule has 132 heavy (non-hydrogen) atoms. The maximum absolute atomic E-state index is 4.02. The first kappa shape index (κ1) is 1490. The summed E-state index contributed by atoms with van der Waals surface area (Å²) < 4.78 is 0. The van der Waals surface area contributed by atoms with Crippen LogP contribution >= 0.6 is 10.3 Å². The minimum absolute atomic E-state index is 0.